The fourth-order valence-corrected chi connectivity index (χ4v) is 2.82. The SMILES string of the molecule is CCCCc1ccc(NC(=O)COC(=O)Cn2c(=O)oc3ccccc32)cc1. The zero-order chi connectivity index (χ0) is 19.9. The number of carbonyl (C=O) groups excluding carboxylic acids is 2. The molecule has 1 heterocycles. The van der Waals surface area contributed by atoms with E-state index in [1.807, 2.05) is 24.3 Å². The number of anilines is 1. The summed E-state index contributed by atoms with van der Waals surface area (Å²) in [6.45, 7) is 1.39. The first kappa shape index (κ1) is 19.4. The molecule has 28 heavy (non-hydrogen) atoms. The van der Waals surface area contributed by atoms with Crippen LogP contribution in [-0.4, -0.2) is 23.1 Å². The number of hydrogen-bond donors (Lipinski definition) is 1. The lowest BCUT2D eigenvalue weighted by Gasteiger charge is -2.08. The molecule has 3 rings (SSSR count). The third-order valence-electron chi connectivity index (χ3n) is 4.28. The van der Waals surface area contributed by atoms with E-state index in [1.54, 1.807) is 24.3 Å². The van der Waals surface area contributed by atoms with Gasteiger partial charge in [0.15, 0.2) is 12.2 Å². The normalized spacial score (nSPS) is 10.8. The summed E-state index contributed by atoms with van der Waals surface area (Å²) < 4.78 is 11.2. The zero-order valence-corrected chi connectivity index (χ0v) is 15.6. The Kier molecular flexibility index (Phi) is 6.26. The zero-order valence-electron chi connectivity index (χ0n) is 15.6. The van der Waals surface area contributed by atoms with E-state index in [2.05, 4.69) is 12.2 Å². The Morgan fingerprint density at radius 2 is 1.86 bits per heavy atom. The number of aryl methyl sites for hydroxylation is 1. The highest BCUT2D eigenvalue weighted by Crippen LogP contribution is 2.13. The number of hydrogen-bond acceptors (Lipinski definition) is 5. The molecular formula is C21H22N2O5. The summed E-state index contributed by atoms with van der Waals surface area (Å²) >= 11 is 0. The summed E-state index contributed by atoms with van der Waals surface area (Å²) in [5, 5.41) is 2.68. The molecule has 7 nitrogen and oxygen atoms in total. The Hall–Kier alpha value is -3.35. The number of rotatable bonds is 8. The highest BCUT2D eigenvalue weighted by Gasteiger charge is 2.14. The predicted molar refractivity (Wildman–Crippen MR) is 105 cm³/mol. The predicted octanol–water partition coefficient (Wildman–Crippen LogP) is 3.12. The van der Waals surface area contributed by atoms with Gasteiger partial charge in [-0.15, -0.1) is 0 Å². The lowest BCUT2D eigenvalue weighted by molar-refractivity contribution is -0.147. The van der Waals surface area contributed by atoms with Crippen LogP contribution in [0.2, 0.25) is 0 Å². The van der Waals surface area contributed by atoms with Crippen LogP contribution in [0.4, 0.5) is 5.69 Å². The first-order valence-corrected chi connectivity index (χ1v) is 9.19. The number of benzene rings is 2. The van der Waals surface area contributed by atoms with Crippen molar-refractivity contribution in [1.82, 2.24) is 4.57 Å². The Labute approximate surface area is 161 Å². The molecule has 146 valence electrons. The maximum atomic E-state index is 12.0. The minimum absolute atomic E-state index is 0.324. The molecule has 0 aliphatic rings. The van der Waals surface area contributed by atoms with Gasteiger partial charge in [0.2, 0.25) is 0 Å². The van der Waals surface area contributed by atoms with Gasteiger partial charge in [-0.25, -0.2) is 4.79 Å². The number of para-hydroxylation sites is 2. The number of ether oxygens (including phenoxy) is 1. The smallest absolute Gasteiger partial charge is 0.420 e. The average molecular weight is 382 g/mol. The standard InChI is InChI=1S/C21H22N2O5/c1-2-3-6-15-9-11-16(12-10-15)22-19(24)14-27-20(25)13-23-17-7-4-5-8-18(17)28-21(23)26/h4-5,7-12H,2-3,6,13-14H2,1H3,(H,22,24). The Morgan fingerprint density at radius 1 is 1.11 bits per heavy atom. The molecule has 7 heteroatoms. The first-order chi connectivity index (χ1) is 13.6. The van der Waals surface area contributed by atoms with Crippen LogP contribution in [0, 0.1) is 0 Å². The second kappa shape index (κ2) is 9.03. The summed E-state index contributed by atoms with van der Waals surface area (Å²) in [4.78, 5) is 35.8. The maximum Gasteiger partial charge on any atom is 0.420 e. The van der Waals surface area contributed by atoms with Crippen LogP contribution < -0.4 is 11.1 Å². The number of oxazole rings is 1. The van der Waals surface area contributed by atoms with Gasteiger partial charge in [0, 0.05) is 5.69 Å². The first-order valence-electron chi connectivity index (χ1n) is 9.19. The van der Waals surface area contributed by atoms with E-state index in [0.29, 0.717) is 16.8 Å². The molecule has 0 bridgehead atoms. The van der Waals surface area contributed by atoms with E-state index >= 15 is 0 Å². The average Bonchev–Trinajstić information content (AvgIpc) is 3.01. The van der Waals surface area contributed by atoms with Crippen molar-refractivity contribution in [2.75, 3.05) is 11.9 Å². The van der Waals surface area contributed by atoms with Crippen LogP contribution in [-0.2, 0) is 27.3 Å². The van der Waals surface area contributed by atoms with Crippen LogP contribution in [0.25, 0.3) is 11.1 Å². The molecule has 0 saturated carbocycles. The number of fused-ring (bicyclic) bond motifs is 1. The van der Waals surface area contributed by atoms with Crippen molar-refractivity contribution in [3.05, 3.63) is 64.6 Å². The van der Waals surface area contributed by atoms with E-state index in [-0.39, 0.29) is 6.54 Å². The molecule has 0 aliphatic carbocycles. The molecule has 0 saturated heterocycles. The largest absolute Gasteiger partial charge is 0.454 e. The van der Waals surface area contributed by atoms with Crippen molar-refractivity contribution in [3.8, 4) is 0 Å². The molecule has 0 spiro atoms. The van der Waals surface area contributed by atoms with Crippen molar-refractivity contribution in [1.29, 1.82) is 0 Å². The lowest BCUT2D eigenvalue weighted by Crippen LogP contribution is -2.25. The van der Waals surface area contributed by atoms with E-state index in [0.717, 1.165) is 19.3 Å². The summed E-state index contributed by atoms with van der Waals surface area (Å²) in [7, 11) is 0. The van der Waals surface area contributed by atoms with Gasteiger partial charge in [0.1, 0.15) is 6.54 Å². The van der Waals surface area contributed by atoms with E-state index in [9.17, 15) is 14.4 Å². The molecule has 0 fully saturated rings. The van der Waals surface area contributed by atoms with Crippen LogP contribution in [0.3, 0.4) is 0 Å². The Morgan fingerprint density at radius 3 is 2.61 bits per heavy atom. The third kappa shape index (κ3) is 4.88. The molecule has 2 aromatic carbocycles. The van der Waals surface area contributed by atoms with Crippen molar-refractivity contribution < 1.29 is 18.7 Å². The highest BCUT2D eigenvalue weighted by molar-refractivity contribution is 5.92. The van der Waals surface area contributed by atoms with Gasteiger partial charge < -0.3 is 14.5 Å². The molecule has 1 amide bonds. The summed E-state index contributed by atoms with van der Waals surface area (Å²) in [6.07, 6.45) is 3.26. The number of nitrogens with one attached hydrogen (secondary N) is 1. The third-order valence-corrected chi connectivity index (χ3v) is 4.28. The van der Waals surface area contributed by atoms with Crippen molar-refractivity contribution in [2.45, 2.75) is 32.7 Å². The number of nitrogens with zero attached hydrogens (tertiary/aromatic N) is 1. The lowest BCUT2D eigenvalue weighted by atomic mass is 10.1. The molecule has 1 N–H and O–H groups in total. The molecule has 0 radical (unpaired) electrons. The van der Waals surface area contributed by atoms with Crippen molar-refractivity contribution >= 4 is 28.7 Å². The molecular weight excluding hydrogens is 360 g/mol. The molecule has 0 atom stereocenters. The van der Waals surface area contributed by atoms with E-state index < -0.39 is 24.2 Å². The fraction of sp³-hybridized carbons (Fsp3) is 0.286. The Bertz CT molecular complexity index is 1020. The summed E-state index contributed by atoms with van der Waals surface area (Å²) in [5.74, 6) is -1.79. The van der Waals surface area contributed by atoms with Gasteiger partial charge in [-0.1, -0.05) is 37.6 Å². The van der Waals surface area contributed by atoms with Crippen LogP contribution in [0.5, 0.6) is 0 Å². The van der Waals surface area contributed by atoms with Crippen molar-refractivity contribution in [3.63, 3.8) is 0 Å². The number of aromatic nitrogens is 1. The van der Waals surface area contributed by atoms with Crippen LogP contribution >= 0.6 is 0 Å². The summed E-state index contributed by atoms with van der Waals surface area (Å²) in [6, 6.07) is 14.4. The van der Waals surface area contributed by atoms with Gasteiger partial charge in [-0.2, -0.15) is 0 Å². The monoisotopic (exact) mass is 382 g/mol. The Balaban J connectivity index is 1.51. The van der Waals surface area contributed by atoms with Gasteiger partial charge in [0.05, 0.1) is 5.52 Å². The second-order valence-corrected chi connectivity index (χ2v) is 6.43. The van der Waals surface area contributed by atoms with Crippen LogP contribution in [0.1, 0.15) is 25.3 Å². The molecule has 3 aromatic rings. The molecule has 1 aromatic heterocycles. The minimum Gasteiger partial charge on any atom is -0.454 e. The summed E-state index contributed by atoms with van der Waals surface area (Å²) in [5.41, 5.74) is 2.74. The molecule has 0 aliphatic heterocycles. The molecule has 0 unspecified atom stereocenters. The van der Waals surface area contributed by atoms with Gasteiger partial charge in [0.25, 0.3) is 5.91 Å². The van der Waals surface area contributed by atoms with Crippen molar-refractivity contribution in [2.24, 2.45) is 0 Å². The topological polar surface area (TPSA) is 90.5 Å². The fourth-order valence-electron chi connectivity index (χ4n) is 2.82. The second-order valence-electron chi connectivity index (χ2n) is 6.43. The van der Waals surface area contributed by atoms with E-state index in [4.69, 9.17) is 9.15 Å². The number of amides is 1. The maximum absolute atomic E-state index is 12.0. The van der Waals surface area contributed by atoms with Gasteiger partial charge >= 0.3 is 11.7 Å². The quantitative estimate of drug-likeness (QED) is 0.605. The van der Waals surface area contributed by atoms with Gasteiger partial charge in [-0.3, -0.25) is 14.2 Å². The minimum atomic E-state index is -0.696. The number of unbranched alkanes of at least 4 members (excludes halogenated alkanes) is 1. The number of esters is 1. The highest BCUT2D eigenvalue weighted by atomic mass is 16.5. The van der Waals surface area contributed by atoms with E-state index in [1.165, 1.54) is 10.1 Å². The number of carbonyl (C=O) groups is 2. The van der Waals surface area contributed by atoms with Crippen LogP contribution in [0.15, 0.2) is 57.7 Å². The van der Waals surface area contributed by atoms with Gasteiger partial charge in [-0.05, 0) is 42.7 Å².